The molecular weight excluding hydrogens is 955 g/mol. The Bertz CT molecular complexity index is 2280. The number of alkyl halides is 18. The highest BCUT2D eigenvalue weighted by Gasteiger charge is 2.58. The van der Waals surface area contributed by atoms with Crippen molar-refractivity contribution in [2.45, 2.75) is 68.8 Å². The average molecular weight is 961 g/mol. The summed E-state index contributed by atoms with van der Waals surface area (Å²) >= 11 is 0. The fourth-order valence-electron chi connectivity index (χ4n) is 3.75. The van der Waals surface area contributed by atoms with Gasteiger partial charge in [0.25, 0.3) is 59.0 Å². The van der Waals surface area contributed by atoms with Crippen LogP contribution >= 0.6 is 0 Å². The van der Waals surface area contributed by atoms with E-state index in [2.05, 4.69) is 0 Å². The maximum atomic E-state index is 13.7. The van der Waals surface area contributed by atoms with Crippen LogP contribution in [0.4, 0.5) is 79.0 Å². The summed E-state index contributed by atoms with van der Waals surface area (Å²) in [5.74, 6) is 0. The van der Waals surface area contributed by atoms with Crippen molar-refractivity contribution >= 4 is 59.0 Å². The lowest BCUT2D eigenvalue weighted by Gasteiger charge is -2.23. The van der Waals surface area contributed by atoms with E-state index in [0.29, 0.717) is 0 Å². The van der Waals surface area contributed by atoms with E-state index >= 15 is 0 Å². The standard InChI is InChI=1S/C19H6F18O12S6/c20-14(21,22)50(38,39)6-1-10(52(42,43)16(26,27)28)8(11(2-6)53(44,45)17(29,30)31)5-9-12(54(46,47)18(32,33)34)3-7(51(40,41)15(23,24)25)4-13(9)55(48,49)19(35,36)37/h1-4H,5H2. The van der Waals surface area contributed by atoms with Crippen molar-refractivity contribution in [1.29, 1.82) is 0 Å². The predicted molar refractivity (Wildman–Crippen MR) is 135 cm³/mol. The highest BCUT2D eigenvalue weighted by Crippen LogP contribution is 2.47. The molecule has 0 atom stereocenters. The average Bonchev–Trinajstić information content (AvgIpc) is 2.93. The molecule has 0 N–H and O–H groups in total. The summed E-state index contributed by atoms with van der Waals surface area (Å²) < 4.78 is 392. The van der Waals surface area contributed by atoms with Crippen molar-refractivity contribution in [2.75, 3.05) is 0 Å². The molecule has 0 heterocycles. The number of halogens is 18. The minimum atomic E-state index is -8.04. The molecule has 0 aliphatic rings. The van der Waals surface area contributed by atoms with Gasteiger partial charge in [-0.3, -0.25) is 0 Å². The van der Waals surface area contributed by atoms with Crippen molar-refractivity contribution in [1.82, 2.24) is 0 Å². The molecule has 0 spiro atoms. The number of rotatable bonds is 8. The molecule has 0 saturated heterocycles. The van der Waals surface area contributed by atoms with E-state index in [1.165, 1.54) is 0 Å². The molecule has 0 saturated carbocycles. The summed E-state index contributed by atoms with van der Waals surface area (Å²) in [4.78, 5) is -21.0. The minimum Gasteiger partial charge on any atom is -0.214 e. The van der Waals surface area contributed by atoms with Crippen LogP contribution in [0.5, 0.6) is 0 Å². The third kappa shape index (κ3) is 8.05. The van der Waals surface area contributed by atoms with Gasteiger partial charge in [-0.25, -0.2) is 50.5 Å². The lowest BCUT2D eigenvalue weighted by Crippen LogP contribution is -2.32. The van der Waals surface area contributed by atoms with Crippen molar-refractivity contribution < 1.29 is 130 Å². The minimum absolute atomic E-state index is 1.56. The molecular formula is C19H6F18O12S6. The smallest absolute Gasteiger partial charge is 0.214 e. The van der Waals surface area contributed by atoms with E-state index in [1.54, 1.807) is 0 Å². The molecule has 2 aromatic rings. The van der Waals surface area contributed by atoms with Gasteiger partial charge in [0.15, 0.2) is 0 Å². The van der Waals surface area contributed by atoms with E-state index in [-0.39, 0.29) is 0 Å². The maximum Gasteiger partial charge on any atom is 0.501 e. The van der Waals surface area contributed by atoms with Gasteiger partial charge in [-0.1, -0.05) is 0 Å². The molecule has 0 amide bonds. The number of benzene rings is 2. The van der Waals surface area contributed by atoms with Gasteiger partial charge in [0.2, 0.25) is 0 Å². The van der Waals surface area contributed by atoms with Gasteiger partial charge in [0.1, 0.15) is 0 Å². The number of hydrogen-bond acceptors (Lipinski definition) is 12. The molecule has 316 valence electrons. The first-order valence-corrected chi connectivity index (χ1v) is 20.8. The van der Waals surface area contributed by atoms with Crippen LogP contribution in [0.25, 0.3) is 0 Å². The molecule has 0 aromatic heterocycles. The fourth-order valence-corrected chi connectivity index (χ4v) is 9.96. The summed E-state index contributed by atoms with van der Waals surface area (Å²) in [6.07, 6.45) is -3.55. The van der Waals surface area contributed by atoms with Gasteiger partial charge in [-0.05, 0) is 35.4 Å². The third-order valence-electron chi connectivity index (χ3n) is 6.24. The molecule has 2 rings (SSSR count). The Morgan fingerprint density at radius 3 is 0.564 bits per heavy atom. The summed E-state index contributed by atoms with van der Waals surface area (Å²) in [5, 5.41) is 0. The van der Waals surface area contributed by atoms with Crippen LogP contribution in [0.1, 0.15) is 11.1 Å². The number of hydrogen-bond donors (Lipinski definition) is 0. The highest BCUT2D eigenvalue weighted by molar-refractivity contribution is 7.95. The summed E-state index contributed by atoms with van der Waals surface area (Å²) in [6.45, 7) is 0. The highest BCUT2D eigenvalue weighted by atomic mass is 32.2. The molecule has 12 nitrogen and oxygen atoms in total. The molecule has 0 unspecified atom stereocenters. The fraction of sp³-hybridized carbons (Fsp3) is 0.368. The molecule has 0 radical (unpaired) electrons. The Balaban J connectivity index is 3.77. The second-order valence-corrected chi connectivity index (χ2v) is 21.2. The summed E-state index contributed by atoms with van der Waals surface area (Å²) in [5.41, 5.74) is -49.5. The Morgan fingerprint density at radius 1 is 0.291 bits per heavy atom. The lowest BCUT2D eigenvalue weighted by atomic mass is 10.0. The zero-order valence-electron chi connectivity index (χ0n) is 24.2. The van der Waals surface area contributed by atoms with E-state index in [9.17, 15) is 130 Å². The molecule has 55 heavy (non-hydrogen) atoms. The van der Waals surface area contributed by atoms with Crippen molar-refractivity contribution in [3.8, 4) is 0 Å². The first kappa shape index (κ1) is 48.0. The van der Waals surface area contributed by atoms with E-state index in [1.807, 2.05) is 0 Å². The first-order valence-electron chi connectivity index (χ1n) is 11.9. The zero-order valence-corrected chi connectivity index (χ0v) is 29.1. The van der Waals surface area contributed by atoms with Crippen LogP contribution in [-0.2, 0) is 65.4 Å². The van der Waals surface area contributed by atoms with Crippen LogP contribution in [0, 0.1) is 0 Å². The van der Waals surface area contributed by atoms with Gasteiger partial charge in [0.05, 0.1) is 29.4 Å². The SMILES string of the molecule is O=S(=O)(c1cc(S(=O)(=O)C(F)(F)F)c(Cc2c(S(=O)(=O)C(F)(F)F)cc(S(=O)(=O)C(F)(F)F)cc2S(=O)(=O)C(F)(F)F)c(S(=O)(=O)C(F)(F)F)c1)C(F)(F)F. The van der Waals surface area contributed by atoms with E-state index in [4.69, 9.17) is 0 Å². The second-order valence-electron chi connectivity index (χ2n) is 9.67. The monoisotopic (exact) mass is 960 g/mol. The van der Waals surface area contributed by atoms with Gasteiger partial charge in [-0.15, -0.1) is 0 Å². The van der Waals surface area contributed by atoms with Gasteiger partial charge in [0, 0.05) is 6.42 Å². The van der Waals surface area contributed by atoms with Gasteiger partial charge < -0.3 is 0 Å². The quantitative estimate of drug-likeness (QED) is 0.320. The Hall–Kier alpha value is -3.12. The normalized spacial score (nSPS) is 15.3. The van der Waals surface area contributed by atoms with E-state index < -0.39 is 163 Å². The first-order chi connectivity index (χ1) is 23.6. The molecule has 0 aliphatic heterocycles. The van der Waals surface area contributed by atoms with Gasteiger partial charge in [-0.2, -0.15) is 79.0 Å². The van der Waals surface area contributed by atoms with Crippen LogP contribution in [-0.4, -0.2) is 83.6 Å². The van der Waals surface area contributed by atoms with Crippen LogP contribution in [0.3, 0.4) is 0 Å². The predicted octanol–water partition coefficient (Wildman–Crippen LogP) is 5.04. The zero-order chi connectivity index (χ0) is 44.2. The molecule has 0 fully saturated rings. The van der Waals surface area contributed by atoms with Crippen molar-refractivity contribution in [3.05, 3.63) is 35.4 Å². The second kappa shape index (κ2) is 13.2. The molecule has 2 aromatic carbocycles. The number of sulfone groups is 6. The summed E-state index contributed by atoms with van der Waals surface area (Å²) in [7, 11) is -47.3. The summed E-state index contributed by atoms with van der Waals surface area (Å²) in [6, 6.07) is -6.24. The molecule has 0 bridgehead atoms. The van der Waals surface area contributed by atoms with Crippen LogP contribution in [0.15, 0.2) is 53.6 Å². The Labute approximate surface area is 292 Å². The molecule has 0 aliphatic carbocycles. The Kier molecular flexibility index (Phi) is 11.5. The van der Waals surface area contributed by atoms with Crippen molar-refractivity contribution in [3.63, 3.8) is 0 Å². The van der Waals surface area contributed by atoms with Gasteiger partial charge >= 0.3 is 33.0 Å². The van der Waals surface area contributed by atoms with Crippen LogP contribution in [0.2, 0.25) is 0 Å². The lowest BCUT2D eigenvalue weighted by molar-refractivity contribution is -0.0449. The largest absolute Gasteiger partial charge is 0.501 e. The third-order valence-corrected chi connectivity index (χ3v) is 15.4. The van der Waals surface area contributed by atoms with E-state index in [0.717, 1.165) is 0 Å². The topological polar surface area (TPSA) is 205 Å². The Morgan fingerprint density at radius 2 is 0.436 bits per heavy atom. The molecule has 36 heteroatoms. The van der Waals surface area contributed by atoms with Crippen LogP contribution < -0.4 is 0 Å². The van der Waals surface area contributed by atoms with Crippen molar-refractivity contribution in [2.24, 2.45) is 0 Å². The maximum absolute atomic E-state index is 13.7.